The number of carbonyl (C=O) groups excluding carboxylic acids is 2. The van der Waals surface area contributed by atoms with Crippen LogP contribution in [0.25, 0.3) is 0 Å². The number of unbranched alkanes of at least 4 members (excludes halogenated alkanes) is 9. The lowest BCUT2D eigenvalue weighted by molar-refractivity contribution is -0.148. The molecular formula is C29H37F3N2O4. The third kappa shape index (κ3) is 10.6. The molecule has 0 unspecified atom stereocenters. The second kappa shape index (κ2) is 15.8. The fourth-order valence-electron chi connectivity index (χ4n) is 4.09. The summed E-state index contributed by atoms with van der Waals surface area (Å²) in [4.78, 5) is 37.0. The number of carbonyl (C=O) groups is 3. The molecule has 9 heteroatoms. The molecule has 2 N–H and O–H groups in total. The molecule has 2 rings (SSSR count). The van der Waals surface area contributed by atoms with Crippen LogP contribution in [0.4, 0.5) is 18.9 Å². The van der Waals surface area contributed by atoms with Crippen molar-refractivity contribution in [3.05, 3.63) is 65.2 Å². The number of amides is 2. The summed E-state index contributed by atoms with van der Waals surface area (Å²) in [5.41, 5.74) is 0.0538. The molecule has 38 heavy (non-hydrogen) atoms. The number of aliphatic carboxylic acids is 1. The zero-order chi connectivity index (χ0) is 28.0. The van der Waals surface area contributed by atoms with Gasteiger partial charge in [0, 0.05) is 17.8 Å². The van der Waals surface area contributed by atoms with Gasteiger partial charge in [-0.1, -0.05) is 76.8 Å². The highest BCUT2D eigenvalue weighted by molar-refractivity contribution is 6.37. The maximum absolute atomic E-state index is 12.8. The molecule has 0 aliphatic heterocycles. The third-order valence-electron chi connectivity index (χ3n) is 6.31. The van der Waals surface area contributed by atoms with Crippen LogP contribution in [0.5, 0.6) is 0 Å². The lowest BCUT2D eigenvalue weighted by atomic mass is 10.1. The lowest BCUT2D eigenvalue weighted by Crippen LogP contribution is -2.36. The number of alkyl halides is 3. The summed E-state index contributed by atoms with van der Waals surface area (Å²) in [6, 6.07) is 10.00. The Hall–Kier alpha value is -3.36. The van der Waals surface area contributed by atoms with Crippen LogP contribution >= 0.6 is 0 Å². The Morgan fingerprint density at radius 1 is 0.789 bits per heavy atom. The van der Waals surface area contributed by atoms with E-state index in [1.807, 2.05) is 0 Å². The van der Waals surface area contributed by atoms with Crippen molar-refractivity contribution in [2.24, 2.45) is 0 Å². The van der Waals surface area contributed by atoms with E-state index in [0.29, 0.717) is 17.7 Å². The standard InChI is InChI=1S/C29H37F3N2O4/c1-2-3-4-5-6-7-8-9-10-11-20-33-26(35)23-14-18-25(19-15-23)34(27(36)28(37)38)21-22-12-16-24(17-13-22)29(30,31)32/h12-19H,2-11,20-21H2,1H3,(H,33,35)(H,37,38). The van der Waals surface area contributed by atoms with Gasteiger partial charge < -0.3 is 10.4 Å². The van der Waals surface area contributed by atoms with E-state index >= 15 is 0 Å². The molecule has 2 aromatic carbocycles. The number of hydrogen-bond acceptors (Lipinski definition) is 3. The topological polar surface area (TPSA) is 86.7 Å². The normalized spacial score (nSPS) is 11.3. The van der Waals surface area contributed by atoms with Gasteiger partial charge in [-0.3, -0.25) is 14.5 Å². The molecule has 208 valence electrons. The molecule has 0 saturated heterocycles. The lowest BCUT2D eigenvalue weighted by Gasteiger charge is -2.21. The molecule has 0 aromatic heterocycles. The van der Waals surface area contributed by atoms with Crippen molar-refractivity contribution in [1.29, 1.82) is 0 Å². The summed E-state index contributed by atoms with van der Waals surface area (Å²) < 4.78 is 38.4. The van der Waals surface area contributed by atoms with Gasteiger partial charge in [0.15, 0.2) is 0 Å². The van der Waals surface area contributed by atoms with E-state index in [0.717, 1.165) is 36.3 Å². The number of rotatable bonds is 15. The average molecular weight is 535 g/mol. The molecular weight excluding hydrogens is 497 g/mol. The first-order valence-electron chi connectivity index (χ1n) is 13.2. The summed E-state index contributed by atoms with van der Waals surface area (Å²) in [6.07, 6.45) is 7.50. The first-order valence-corrected chi connectivity index (χ1v) is 13.2. The number of halogens is 3. The second-order valence-electron chi connectivity index (χ2n) is 9.38. The summed E-state index contributed by atoms with van der Waals surface area (Å²) in [5.74, 6) is -3.20. The predicted octanol–water partition coefficient (Wildman–Crippen LogP) is 6.97. The van der Waals surface area contributed by atoms with Crippen molar-refractivity contribution in [3.63, 3.8) is 0 Å². The largest absolute Gasteiger partial charge is 0.474 e. The van der Waals surface area contributed by atoms with Crippen molar-refractivity contribution in [1.82, 2.24) is 5.32 Å². The van der Waals surface area contributed by atoms with Crippen molar-refractivity contribution in [3.8, 4) is 0 Å². The fourth-order valence-corrected chi connectivity index (χ4v) is 4.09. The van der Waals surface area contributed by atoms with E-state index < -0.39 is 23.6 Å². The number of carboxylic acids is 1. The number of carboxylic acid groups (broad SMARTS) is 1. The highest BCUT2D eigenvalue weighted by Gasteiger charge is 2.30. The van der Waals surface area contributed by atoms with Gasteiger partial charge in [-0.25, -0.2) is 4.79 Å². The Morgan fingerprint density at radius 2 is 1.32 bits per heavy atom. The number of benzene rings is 2. The summed E-state index contributed by atoms with van der Waals surface area (Å²) >= 11 is 0. The average Bonchev–Trinajstić information content (AvgIpc) is 2.89. The molecule has 0 radical (unpaired) electrons. The summed E-state index contributed by atoms with van der Waals surface area (Å²) in [5, 5.41) is 12.1. The Bertz CT molecular complexity index is 1020. The minimum absolute atomic E-state index is 0.212. The van der Waals surface area contributed by atoms with Crippen molar-refractivity contribution in [2.75, 3.05) is 11.4 Å². The van der Waals surface area contributed by atoms with Gasteiger partial charge >= 0.3 is 18.1 Å². The van der Waals surface area contributed by atoms with Crippen LogP contribution in [-0.2, 0) is 22.3 Å². The molecule has 0 bridgehead atoms. The van der Waals surface area contributed by atoms with E-state index in [2.05, 4.69) is 12.2 Å². The van der Waals surface area contributed by atoms with E-state index in [4.69, 9.17) is 0 Å². The smallest absolute Gasteiger partial charge is 0.416 e. The van der Waals surface area contributed by atoms with Gasteiger partial charge in [-0.2, -0.15) is 13.2 Å². The first-order chi connectivity index (χ1) is 18.1. The Kier molecular flexibility index (Phi) is 12.8. The van der Waals surface area contributed by atoms with Crippen LogP contribution in [0.2, 0.25) is 0 Å². The van der Waals surface area contributed by atoms with Crippen molar-refractivity contribution >= 4 is 23.5 Å². The van der Waals surface area contributed by atoms with Crippen LogP contribution in [0, 0.1) is 0 Å². The van der Waals surface area contributed by atoms with E-state index in [1.54, 1.807) is 0 Å². The Balaban J connectivity index is 1.86. The minimum atomic E-state index is -4.50. The van der Waals surface area contributed by atoms with Gasteiger partial charge in [0.05, 0.1) is 12.1 Å². The van der Waals surface area contributed by atoms with Crippen molar-refractivity contribution in [2.45, 2.75) is 83.9 Å². The second-order valence-corrected chi connectivity index (χ2v) is 9.38. The number of anilines is 1. The van der Waals surface area contributed by atoms with Gasteiger partial charge in [0.1, 0.15) is 0 Å². The minimum Gasteiger partial charge on any atom is -0.474 e. The molecule has 2 amide bonds. The van der Waals surface area contributed by atoms with Crippen LogP contribution in [0.3, 0.4) is 0 Å². The highest BCUT2D eigenvalue weighted by Crippen LogP contribution is 2.29. The molecule has 6 nitrogen and oxygen atoms in total. The SMILES string of the molecule is CCCCCCCCCCCCNC(=O)c1ccc(N(Cc2ccc(C(F)(F)F)cc2)C(=O)C(=O)O)cc1. The third-order valence-corrected chi connectivity index (χ3v) is 6.31. The van der Waals surface area contributed by atoms with Gasteiger partial charge in [-0.15, -0.1) is 0 Å². The predicted molar refractivity (Wildman–Crippen MR) is 141 cm³/mol. The van der Waals surface area contributed by atoms with E-state index in [9.17, 15) is 32.7 Å². The summed E-state index contributed by atoms with van der Waals surface area (Å²) in [7, 11) is 0. The monoisotopic (exact) mass is 534 g/mol. The van der Waals surface area contributed by atoms with Gasteiger partial charge in [0.2, 0.25) is 0 Å². The Labute approximate surface area is 222 Å². The van der Waals surface area contributed by atoms with Crippen LogP contribution < -0.4 is 10.2 Å². The van der Waals surface area contributed by atoms with Gasteiger partial charge in [0.25, 0.3) is 5.91 Å². The van der Waals surface area contributed by atoms with Crippen LogP contribution in [0.15, 0.2) is 48.5 Å². The van der Waals surface area contributed by atoms with Crippen molar-refractivity contribution < 1.29 is 32.7 Å². The molecule has 0 saturated carbocycles. The summed E-state index contributed by atoms with van der Waals surface area (Å²) in [6.45, 7) is 2.52. The molecule has 0 heterocycles. The maximum atomic E-state index is 12.8. The van der Waals surface area contributed by atoms with E-state index in [-0.39, 0.29) is 18.1 Å². The number of hydrogen-bond donors (Lipinski definition) is 2. The first kappa shape index (κ1) is 30.9. The molecule has 2 aromatic rings. The highest BCUT2D eigenvalue weighted by atomic mass is 19.4. The van der Waals surface area contributed by atoms with Crippen LogP contribution in [-0.4, -0.2) is 29.4 Å². The zero-order valence-electron chi connectivity index (χ0n) is 21.9. The maximum Gasteiger partial charge on any atom is 0.416 e. The molecule has 0 fully saturated rings. The fraction of sp³-hybridized carbons (Fsp3) is 0.483. The zero-order valence-corrected chi connectivity index (χ0v) is 21.9. The van der Waals surface area contributed by atoms with Gasteiger partial charge in [-0.05, 0) is 48.4 Å². The molecule has 0 atom stereocenters. The Morgan fingerprint density at radius 3 is 1.82 bits per heavy atom. The quantitative estimate of drug-likeness (QED) is 0.191. The number of nitrogens with zero attached hydrogens (tertiary/aromatic N) is 1. The van der Waals surface area contributed by atoms with E-state index in [1.165, 1.54) is 81.3 Å². The number of nitrogens with one attached hydrogen (secondary N) is 1. The molecule has 0 aliphatic carbocycles. The van der Waals surface area contributed by atoms with Crippen LogP contribution in [0.1, 0.15) is 92.6 Å². The molecule has 0 aliphatic rings. The molecule has 0 spiro atoms.